The summed E-state index contributed by atoms with van der Waals surface area (Å²) in [6.07, 6.45) is 1.98. The first kappa shape index (κ1) is 15.9. The van der Waals surface area contributed by atoms with Gasteiger partial charge in [0.1, 0.15) is 19.3 Å². The lowest BCUT2D eigenvalue weighted by Crippen LogP contribution is -3.00. The maximum Gasteiger partial charge on any atom is 0.338 e. The highest BCUT2D eigenvalue weighted by Crippen LogP contribution is 2.31. The Morgan fingerprint density at radius 3 is 2.81 bits per heavy atom. The van der Waals surface area contributed by atoms with Crippen LogP contribution in [0.3, 0.4) is 0 Å². The number of hydrogen-bond acceptors (Lipinski definition) is 5. The minimum atomic E-state index is -0.290. The summed E-state index contributed by atoms with van der Waals surface area (Å²) in [5.74, 6) is 1.01. The minimum Gasteiger partial charge on any atom is -1.00 e. The van der Waals surface area contributed by atoms with Gasteiger partial charge in [-0.25, -0.2) is 4.79 Å². The zero-order chi connectivity index (χ0) is 13.9. The summed E-state index contributed by atoms with van der Waals surface area (Å²) in [4.78, 5) is 14.4. The average molecular weight is 313 g/mol. The van der Waals surface area contributed by atoms with Crippen LogP contribution in [0.1, 0.15) is 23.2 Å². The molecule has 3 rings (SSSR count). The lowest BCUT2D eigenvalue weighted by atomic mass is 10.1. The molecule has 1 aromatic rings. The quantitative estimate of drug-likeness (QED) is 0.636. The molecule has 0 aromatic heterocycles. The van der Waals surface area contributed by atoms with E-state index in [0.717, 1.165) is 25.9 Å². The number of carbonyl (C=O) groups is 1. The number of rotatable bonds is 2. The van der Waals surface area contributed by atoms with Gasteiger partial charge < -0.3 is 31.5 Å². The molecule has 1 unspecified atom stereocenters. The first-order valence-corrected chi connectivity index (χ1v) is 7.01. The molecule has 1 saturated heterocycles. The molecule has 2 aliphatic rings. The Morgan fingerprint density at radius 2 is 2.05 bits per heavy atom. The van der Waals surface area contributed by atoms with Gasteiger partial charge in [0.2, 0.25) is 0 Å². The maximum atomic E-state index is 12.2. The van der Waals surface area contributed by atoms with Crippen molar-refractivity contribution >= 4 is 5.97 Å². The molecule has 1 aromatic carbocycles. The van der Waals surface area contributed by atoms with Gasteiger partial charge in [-0.05, 0) is 44.6 Å². The van der Waals surface area contributed by atoms with Gasteiger partial charge in [-0.1, -0.05) is 0 Å². The van der Waals surface area contributed by atoms with E-state index < -0.39 is 0 Å². The van der Waals surface area contributed by atoms with E-state index in [0.29, 0.717) is 30.3 Å². The molecule has 6 heteroatoms. The summed E-state index contributed by atoms with van der Waals surface area (Å²) in [5.41, 5.74) is 0.516. The van der Waals surface area contributed by atoms with Crippen LogP contribution in [0.2, 0.25) is 0 Å². The van der Waals surface area contributed by atoms with E-state index in [1.165, 1.54) is 0 Å². The molecule has 21 heavy (non-hydrogen) atoms. The maximum absolute atomic E-state index is 12.2. The lowest BCUT2D eigenvalue weighted by molar-refractivity contribution is -0.0000834. The summed E-state index contributed by atoms with van der Waals surface area (Å²) in [7, 11) is 2.05. The molecule has 0 aliphatic carbocycles. The molecule has 1 atom stereocenters. The van der Waals surface area contributed by atoms with Crippen LogP contribution in [0, 0.1) is 0 Å². The van der Waals surface area contributed by atoms with Gasteiger partial charge in [0.25, 0.3) is 0 Å². The van der Waals surface area contributed by atoms with E-state index in [4.69, 9.17) is 14.2 Å². The number of piperidine rings is 1. The average Bonchev–Trinajstić information content (AvgIpc) is 2.47. The molecular weight excluding hydrogens is 294 g/mol. The Kier molecular flexibility index (Phi) is 5.31. The zero-order valence-corrected chi connectivity index (χ0v) is 12.8. The number of benzene rings is 1. The molecule has 0 spiro atoms. The van der Waals surface area contributed by atoms with E-state index in [1.54, 1.807) is 18.2 Å². The number of carbonyl (C=O) groups excluding carboxylic acids is 1. The summed E-state index contributed by atoms with van der Waals surface area (Å²) in [5, 5.41) is 0. The lowest BCUT2D eigenvalue weighted by Gasteiger charge is -2.29. The zero-order valence-electron chi connectivity index (χ0n) is 12.0. The van der Waals surface area contributed by atoms with Crippen LogP contribution < -0.4 is 21.9 Å². The van der Waals surface area contributed by atoms with Crippen LogP contribution >= 0.6 is 0 Å². The summed E-state index contributed by atoms with van der Waals surface area (Å²) < 4.78 is 16.5. The van der Waals surface area contributed by atoms with E-state index in [2.05, 4.69) is 4.90 Å². The normalized spacial score (nSPS) is 21.3. The number of nitrogens with zero attached hydrogens (tertiary/aromatic N) is 1. The van der Waals surface area contributed by atoms with Crippen LogP contribution in [0.5, 0.6) is 11.5 Å². The fourth-order valence-corrected chi connectivity index (χ4v) is 2.61. The van der Waals surface area contributed by atoms with Crippen molar-refractivity contribution in [1.29, 1.82) is 0 Å². The number of ether oxygens (including phenoxy) is 3. The van der Waals surface area contributed by atoms with Crippen molar-refractivity contribution in [1.82, 2.24) is 4.90 Å². The van der Waals surface area contributed by atoms with Gasteiger partial charge in [-0.3, -0.25) is 0 Å². The monoisotopic (exact) mass is 312 g/mol. The third-order valence-electron chi connectivity index (χ3n) is 3.63. The van der Waals surface area contributed by atoms with Crippen molar-refractivity contribution in [2.24, 2.45) is 0 Å². The molecule has 116 valence electrons. The summed E-state index contributed by atoms with van der Waals surface area (Å²) >= 11 is 0. The molecule has 0 radical (unpaired) electrons. The Bertz CT molecular complexity index is 508. The van der Waals surface area contributed by atoms with Crippen LogP contribution in [-0.2, 0) is 4.74 Å². The van der Waals surface area contributed by atoms with Crippen LogP contribution in [0.4, 0.5) is 0 Å². The largest absolute Gasteiger partial charge is 1.00 e. The van der Waals surface area contributed by atoms with Gasteiger partial charge in [-0.15, -0.1) is 0 Å². The third-order valence-corrected chi connectivity index (χ3v) is 3.63. The van der Waals surface area contributed by atoms with Crippen LogP contribution in [0.15, 0.2) is 18.2 Å². The number of fused-ring (bicyclic) bond motifs is 1. The standard InChI is InChI=1S/C15H19NO4.ClH/c1-16-6-2-3-12(10-16)20-15(17)11-4-5-13-14(9-11)19-8-7-18-13;/h4-5,9,12H,2-3,6-8,10H2,1H3;1H/p-1. The van der Waals surface area contributed by atoms with Crippen molar-refractivity contribution in [3.8, 4) is 11.5 Å². The van der Waals surface area contributed by atoms with Crippen molar-refractivity contribution in [3.63, 3.8) is 0 Å². The van der Waals surface area contributed by atoms with Crippen LogP contribution in [0.25, 0.3) is 0 Å². The second kappa shape index (κ2) is 7.00. The first-order chi connectivity index (χ1) is 9.72. The smallest absolute Gasteiger partial charge is 0.338 e. The highest BCUT2D eigenvalue weighted by Gasteiger charge is 2.22. The Hall–Kier alpha value is -1.46. The SMILES string of the molecule is CN1CCCC(OC(=O)c2ccc3c(c2)OCCO3)C1.[Cl-]. The number of esters is 1. The highest BCUT2D eigenvalue weighted by atomic mass is 35.5. The molecule has 0 bridgehead atoms. The fourth-order valence-electron chi connectivity index (χ4n) is 2.61. The first-order valence-electron chi connectivity index (χ1n) is 7.01. The number of likely N-dealkylation sites (N-methyl/N-ethyl adjacent to an activating group) is 1. The molecule has 2 heterocycles. The van der Waals surface area contributed by atoms with Gasteiger partial charge in [0, 0.05) is 6.54 Å². The second-order valence-corrected chi connectivity index (χ2v) is 5.29. The molecule has 1 fully saturated rings. The number of hydrogen-bond donors (Lipinski definition) is 0. The third kappa shape index (κ3) is 3.80. The van der Waals surface area contributed by atoms with Crippen molar-refractivity contribution < 1.29 is 31.4 Å². The Balaban J connectivity index is 0.00000161. The molecule has 2 aliphatic heterocycles. The summed E-state index contributed by atoms with van der Waals surface area (Å²) in [6.45, 7) is 2.93. The Labute approximate surface area is 130 Å². The molecule has 0 N–H and O–H groups in total. The van der Waals surface area contributed by atoms with E-state index in [9.17, 15) is 4.79 Å². The van der Waals surface area contributed by atoms with E-state index >= 15 is 0 Å². The van der Waals surface area contributed by atoms with E-state index in [-0.39, 0.29) is 24.5 Å². The minimum absolute atomic E-state index is 0. The number of likely N-dealkylation sites (tertiary alicyclic amines) is 1. The van der Waals surface area contributed by atoms with Gasteiger partial charge in [-0.2, -0.15) is 0 Å². The summed E-state index contributed by atoms with van der Waals surface area (Å²) in [6, 6.07) is 5.18. The molecule has 0 saturated carbocycles. The van der Waals surface area contributed by atoms with Crippen molar-refractivity contribution in [2.45, 2.75) is 18.9 Å². The predicted molar refractivity (Wildman–Crippen MR) is 73.4 cm³/mol. The topological polar surface area (TPSA) is 48.0 Å². The van der Waals surface area contributed by atoms with Crippen molar-refractivity contribution in [2.75, 3.05) is 33.4 Å². The molecule has 5 nitrogen and oxygen atoms in total. The highest BCUT2D eigenvalue weighted by molar-refractivity contribution is 5.90. The second-order valence-electron chi connectivity index (χ2n) is 5.29. The van der Waals surface area contributed by atoms with Gasteiger partial charge >= 0.3 is 5.97 Å². The van der Waals surface area contributed by atoms with Gasteiger partial charge in [0.05, 0.1) is 5.56 Å². The van der Waals surface area contributed by atoms with E-state index in [1.807, 2.05) is 7.05 Å². The Morgan fingerprint density at radius 1 is 1.29 bits per heavy atom. The predicted octanol–water partition coefficient (Wildman–Crippen LogP) is -1.29. The van der Waals surface area contributed by atoms with Crippen molar-refractivity contribution in [3.05, 3.63) is 23.8 Å². The fraction of sp³-hybridized carbons (Fsp3) is 0.533. The molecular formula is C15H19ClNO4-. The van der Waals surface area contributed by atoms with Crippen LogP contribution in [-0.4, -0.2) is 50.3 Å². The van der Waals surface area contributed by atoms with Gasteiger partial charge in [0.15, 0.2) is 11.5 Å². The molecule has 0 amide bonds. The number of halogens is 1.